The highest BCUT2D eigenvalue weighted by Crippen LogP contribution is 2.29. The molecule has 2 rings (SSSR count). The highest BCUT2D eigenvalue weighted by molar-refractivity contribution is 9.10. The fourth-order valence-corrected chi connectivity index (χ4v) is 3.40. The summed E-state index contributed by atoms with van der Waals surface area (Å²) in [5.74, 6) is 0.491. The molecule has 2 amide bonds. The number of carbonyl (C=O) groups is 2. The van der Waals surface area contributed by atoms with Crippen LogP contribution in [-0.4, -0.2) is 25.0 Å². The van der Waals surface area contributed by atoms with Gasteiger partial charge in [0.2, 0.25) is 0 Å². The summed E-state index contributed by atoms with van der Waals surface area (Å²) in [6.45, 7) is 5.70. The van der Waals surface area contributed by atoms with E-state index in [2.05, 4.69) is 49.6 Å². The van der Waals surface area contributed by atoms with E-state index in [0.717, 1.165) is 26.5 Å². The van der Waals surface area contributed by atoms with Crippen LogP contribution in [0.5, 0.6) is 11.5 Å². The molecule has 0 atom stereocenters. The van der Waals surface area contributed by atoms with E-state index in [1.165, 1.54) is 0 Å². The van der Waals surface area contributed by atoms with Crippen molar-refractivity contribution >= 4 is 43.7 Å². The van der Waals surface area contributed by atoms with Crippen molar-refractivity contribution in [1.29, 1.82) is 0 Å². The van der Waals surface area contributed by atoms with Gasteiger partial charge in [-0.3, -0.25) is 20.4 Å². The molecule has 0 saturated heterocycles. The van der Waals surface area contributed by atoms with Crippen molar-refractivity contribution in [2.75, 3.05) is 13.2 Å². The fourth-order valence-electron chi connectivity index (χ4n) is 2.48. The zero-order valence-electron chi connectivity index (χ0n) is 16.6. The zero-order valence-corrected chi connectivity index (χ0v) is 19.7. The van der Waals surface area contributed by atoms with E-state index >= 15 is 0 Å². The van der Waals surface area contributed by atoms with Crippen LogP contribution in [0, 0.1) is 0 Å². The summed E-state index contributed by atoms with van der Waals surface area (Å²) in [5.41, 5.74) is 6.78. The lowest BCUT2D eigenvalue weighted by molar-refractivity contribution is -0.131. The van der Waals surface area contributed by atoms with Gasteiger partial charge in [0.05, 0.1) is 4.47 Å². The van der Waals surface area contributed by atoms with Crippen LogP contribution in [0.3, 0.4) is 0 Å². The Bertz CT molecular complexity index is 872. The molecule has 6 nitrogen and oxygen atoms in total. The molecule has 0 unspecified atom stereocenters. The Kier molecular flexibility index (Phi) is 8.98. The minimum absolute atomic E-state index is 0.216. The molecule has 29 heavy (non-hydrogen) atoms. The van der Waals surface area contributed by atoms with Gasteiger partial charge in [-0.1, -0.05) is 42.8 Å². The minimum Gasteiger partial charge on any atom is -0.483 e. The van der Waals surface area contributed by atoms with Crippen molar-refractivity contribution in [3.63, 3.8) is 0 Å². The fraction of sp³-hybridized carbons (Fsp3) is 0.333. The maximum atomic E-state index is 12.0. The molecule has 156 valence electrons. The molecule has 0 aliphatic carbocycles. The van der Waals surface area contributed by atoms with Crippen molar-refractivity contribution in [3.05, 3.63) is 56.5 Å². The Morgan fingerprint density at radius 2 is 1.52 bits per heavy atom. The number of hydrazine groups is 1. The molecule has 0 aliphatic rings. The SMILES string of the molecule is CCc1ccc(OCC(=O)NNC(=O)COc2ccc(Br)cc2C(C)C)c(Br)c1. The zero-order chi connectivity index (χ0) is 21.4. The molecule has 2 N–H and O–H groups in total. The van der Waals surface area contributed by atoms with Crippen LogP contribution < -0.4 is 20.3 Å². The van der Waals surface area contributed by atoms with Gasteiger partial charge in [0.15, 0.2) is 13.2 Å². The predicted octanol–water partition coefficient (Wildman–Crippen LogP) is 4.50. The first-order valence-corrected chi connectivity index (χ1v) is 10.8. The van der Waals surface area contributed by atoms with Crippen molar-refractivity contribution in [3.8, 4) is 11.5 Å². The van der Waals surface area contributed by atoms with Crippen molar-refractivity contribution in [2.45, 2.75) is 33.1 Å². The number of nitrogens with one attached hydrogen (secondary N) is 2. The predicted molar refractivity (Wildman–Crippen MR) is 119 cm³/mol. The van der Waals surface area contributed by atoms with Crippen LogP contribution in [-0.2, 0) is 16.0 Å². The van der Waals surface area contributed by atoms with Crippen LogP contribution in [0.1, 0.15) is 37.8 Å². The van der Waals surface area contributed by atoms with E-state index < -0.39 is 11.8 Å². The van der Waals surface area contributed by atoms with Gasteiger partial charge in [-0.15, -0.1) is 0 Å². The number of hydrogen-bond acceptors (Lipinski definition) is 4. The second kappa shape index (κ2) is 11.2. The molecular formula is C21H24Br2N2O4. The number of hydrogen-bond donors (Lipinski definition) is 2. The average Bonchev–Trinajstić information content (AvgIpc) is 2.70. The maximum absolute atomic E-state index is 12.0. The molecular weight excluding hydrogens is 504 g/mol. The van der Waals surface area contributed by atoms with Gasteiger partial charge in [-0.25, -0.2) is 0 Å². The van der Waals surface area contributed by atoms with Gasteiger partial charge in [0.1, 0.15) is 11.5 Å². The van der Waals surface area contributed by atoms with Crippen LogP contribution >= 0.6 is 31.9 Å². The summed E-state index contributed by atoms with van der Waals surface area (Å²) in [7, 11) is 0. The van der Waals surface area contributed by atoms with Crippen molar-refractivity contribution in [1.82, 2.24) is 10.9 Å². The third-order valence-corrected chi connectivity index (χ3v) is 5.17. The Hall–Kier alpha value is -2.06. The second-order valence-corrected chi connectivity index (χ2v) is 8.40. The molecule has 0 fully saturated rings. The summed E-state index contributed by atoms with van der Waals surface area (Å²) in [5, 5.41) is 0. The molecule has 0 spiro atoms. The van der Waals surface area contributed by atoms with Gasteiger partial charge in [0.25, 0.3) is 11.8 Å². The summed E-state index contributed by atoms with van der Waals surface area (Å²) in [4.78, 5) is 23.9. The first-order valence-electron chi connectivity index (χ1n) is 9.21. The van der Waals surface area contributed by atoms with Gasteiger partial charge in [-0.2, -0.15) is 0 Å². The van der Waals surface area contributed by atoms with Gasteiger partial charge in [-0.05, 0) is 69.7 Å². The average molecular weight is 528 g/mol. The number of benzene rings is 2. The molecule has 0 saturated carbocycles. The van der Waals surface area contributed by atoms with Gasteiger partial charge in [0, 0.05) is 4.47 Å². The van der Waals surface area contributed by atoms with E-state index in [1.807, 2.05) is 38.1 Å². The van der Waals surface area contributed by atoms with Crippen LogP contribution in [0.25, 0.3) is 0 Å². The smallest absolute Gasteiger partial charge is 0.276 e. The third-order valence-electron chi connectivity index (χ3n) is 4.06. The van der Waals surface area contributed by atoms with Crippen molar-refractivity contribution < 1.29 is 19.1 Å². The first-order chi connectivity index (χ1) is 13.8. The van der Waals surface area contributed by atoms with E-state index in [-0.39, 0.29) is 19.1 Å². The standard InChI is InChI=1S/C21H24Br2N2O4/c1-4-14-5-7-19(17(23)9-14)29-12-21(27)25-24-20(26)11-28-18-8-6-15(22)10-16(18)13(2)3/h5-10,13H,4,11-12H2,1-3H3,(H,24,26)(H,25,27). The first kappa shape index (κ1) is 23.2. The highest BCUT2D eigenvalue weighted by atomic mass is 79.9. The number of ether oxygens (including phenoxy) is 2. The Morgan fingerprint density at radius 1 is 0.931 bits per heavy atom. The number of halogens is 2. The van der Waals surface area contributed by atoms with E-state index in [9.17, 15) is 9.59 Å². The molecule has 0 radical (unpaired) electrons. The number of rotatable bonds is 8. The van der Waals surface area contributed by atoms with Gasteiger partial charge >= 0.3 is 0 Å². The Balaban J connectivity index is 1.77. The van der Waals surface area contributed by atoms with E-state index in [4.69, 9.17) is 9.47 Å². The molecule has 2 aromatic carbocycles. The summed E-state index contributed by atoms with van der Waals surface area (Å²) in [6, 6.07) is 11.3. The highest BCUT2D eigenvalue weighted by Gasteiger charge is 2.12. The molecule has 8 heteroatoms. The van der Waals surface area contributed by atoms with Crippen LogP contribution in [0.4, 0.5) is 0 Å². The minimum atomic E-state index is -0.476. The van der Waals surface area contributed by atoms with Crippen molar-refractivity contribution in [2.24, 2.45) is 0 Å². The summed E-state index contributed by atoms with van der Waals surface area (Å²) < 4.78 is 12.8. The number of amides is 2. The lowest BCUT2D eigenvalue weighted by Crippen LogP contribution is -2.45. The topological polar surface area (TPSA) is 76.7 Å². The Morgan fingerprint density at radius 3 is 2.07 bits per heavy atom. The van der Waals surface area contributed by atoms with Crippen LogP contribution in [0.15, 0.2) is 45.3 Å². The molecule has 0 aliphatic heterocycles. The second-order valence-electron chi connectivity index (χ2n) is 6.63. The molecule has 0 aromatic heterocycles. The summed E-state index contributed by atoms with van der Waals surface area (Å²) >= 11 is 6.85. The van der Waals surface area contributed by atoms with Gasteiger partial charge < -0.3 is 9.47 Å². The quantitative estimate of drug-likeness (QED) is 0.495. The Labute approximate surface area is 187 Å². The van der Waals surface area contributed by atoms with E-state index in [0.29, 0.717) is 11.5 Å². The number of carbonyl (C=O) groups excluding carboxylic acids is 2. The third kappa shape index (κ3) is 7.36. The lowest BCUT2D eigenvalue weighted by Gasteiger charge is -2.15. The van der Waals surface area contributed by atoms with Crippen LogP contribution in [0.2, 0.25) is 0 Å². The lowest BCUT2D eigenvalue weighted by atomic mass is 10.0. The summed E-state index contributed by atoms with van der Waals surface area (Å²) in [6.07, 6.45) is 0.909. The monoisotopic (exact) mass is 526 g/mol. The molecule has 0 heterocycles. The number of aryl methyl sites for hydroxylation is 1. The largest absolute Gasteiger partial charge is 0.483 e. The normalized spacial score (nSPS) is 10.6. The maximum Gasteiger partial charge on any atom is 0.276 e. The molecule has 0 bridgehead atoms. The van der Waals surface area contributed by atoms with E-state index in [1.54, 1.807) is 12.1 Å². The molecule has 2 aromatic rings.